The number of methoxy groups -OCH3 is 1. The SMILES string of the molecule is CCC(CC)NCCN(C)c1ccc(OC)cc1. The first kappa shape index (κ1) is 14.8. The summed E-state index contributed by atoms with van der Waals surface area (Å²) < 4.78 is 5.16. The van der Waals surface area contributed by atoms with Crippen LogP contribution in [-0.2, 0) is 0 Å². The van der Waals surface area contributed by atoms with Crippen molar-refractivity contribution in [3.05, 3.63) is 24.3 Å². The predicted octanol–water partition coefficient (Wildman–Crippen LogP) is 2.91. The lowest BCUT2D eigenvalue weighted by Crippen LogP contribution is -2.35. The van der Waals surface area contributed by atoms with Gasteiger partial charge in [0.2, 0.25) is 0 Å². The number of anilines is 1. The summed E-state index contributed by atoms with van der Waals surface area (Å²) in [5, 5.41) is 3.58. The fourth-order valence-electron chi connectivity index (χ4n) is 1.98. The molecule has 1 aromatic carbocycles. The largest absolute Gasteiger partial charge is 0.497 e. The first-order valence-electron chi connectivity index (χ1n) is 6.79. The summed E-state index contributed by atoms with van der Waals surface area (Å²) >= 11 is 0. The second-order valence-corrected chi connectivity index (χ2v) is 4.59. The lowest BCUT2D eigenvalue weighted by atomic mass is 10.2. The van der Waals surface area contributed by atoms with Crippen LogP contribution in [0.25, 0.3) is 0 Å². The van der Waals surface area contributed by atoms with Crippen molar-refractivity contribution in [2.45, 2.75) is 32.7 Å². The molecule has 0 fully saturated rings. The second kappa shape index (κ2) is 7.98. The monoisotopic (exact) mass is 250 g/mol. The van der Waals surface area contributed by atoms with E-state index < -0.39 is 0 Å². The van der Waals surface area contributed by atoms with Gasteiger partial charge < -0.3 is 15.0 Å². The molecular formula is C15H26N2O. The molecule has 0 saturated heterocycles. The zero-order valence-electron chi connectivity index (χ0n) is 12.1. The number of hydrogen-bond acceptors (Lipinski definition) is 3. The van der Waals surface area contributed by atoms with Gasteiger partial charge in [-0.3, -0.25) is 0 Å². The maximum atomic E-state index is 5.16. The molecule has 0 saturated carbocycles. The van der Waals surface area contributed by atoms with Crippen molar-refractivity contribution in [1.82, 2.24) is 5.32 Å². The Bertz CT molecular complexity index is 320. The molecule has 3 heteroatoms. The normalized spacial score (nSPS) is 10.7. The van der Waals surface area contributed by atoms with Gasteiger partial charge in [-0.25, -0.2) is 0 Å². The molecule has 0 aromatic heterocycles. The van der Waals surface area contributed by atoms with Gasteiger partial charge in [0.15, 0.2) is 0 Å². The number of ether oxygens (including phenoxy) is 1. The van der Waals surface area contributed by atoms with Crippen LogP contribution in [0, 0.1) is 0 Å². The minimum atomic E-state index is 0.647. The van der Waals surface area contributed by atoms with E-state index in [1.807, 2.05) is 12.1 Å². The highest BCUT2D eigenvalue weighted by Crippen LogP contribution is 2.17. The molecule has 1 aromatic rings. The van der Waals surface area contributed by atoms with Gasteiger partial charge in [0, 0.05) is 31.9 Å². The molecule has 0 aliphatic heterocycles. The smallest absolute Gasteiger partial charge is 0.119 e. The number of nitrogens with zero attached hydrogens (tertiary/aromatic N) is 1. The summed E-state index contributed by atoms with van der Waals surface area (Å²) in [6.45, 7) is 6.50. The summed E-state index contributed by atoms with van der Waals surface area (Å²) in [5.74, 6) is 0.905. The van der Waals surface area contributed by atoms with Crippen molar-refractivity contribution in [3.63, 3.8) is 0 Å². The van der Waals surface area contributed by atoms with Crippen LogP contribution in [0.4, 0.5) is 5.69 Å². The first-order chi connectivity index (χ1) is 8.71. The van der Waals surface area contributed by atoms with Crippen molar-refractivity contribution < 1.29 is 4.74 Å². The molecule has 0 amide bonds. The topological polar surface area (TPSA) is 24.5 Å². The van der Waals surface area contributed by atoms with E-state index in [1.165, 1.54) is 18.5 Å². The fourth-order valence-corrected chi connectivity index (χ4v) is 1.98. The predicted molar refractivity (Wildman–Crippen MR) is 78.6 cm³/mol. The van der Waals surface area contributed by atoms with E-state index in [2.05, 4.69) is 43.2 Å². The molecule has 0 spiro atoms. The van der Waals surface area contributed by atoms with Crippen LogP contribution in [0.1, 0.15) is 26.7 Å². The Morgan fingerprint density at radius 1 is 1.17 bits per heavy atom. The molecule has 102 valence electrons. The molecular weight excluding hydrogens is 224 g/mol. The molecule has 0 unspecified atom stereocenters. The van der Waals surface area contributed by atoms with Gasteiger partial charge in [-0.15, -0.1) is 0 Å². The number of rotatable bonds is 8. The zero-order chi connectivity index (χ0) is 13.4. The quantitative estimate of drug-likeness (QED) is 0.768. The minimum absolute atomic E-state index is 0.647. The summed E-state index contributed by atoms with van der Waals surface area (Å²) in [6, 6.07) is 8.83. The van der Waals surface area contributed by atoms with Gasteiger partial charge in [0.1, 0.15) is 5.75 Å². The van der Waals surface area contributed by atoms with Crippen LogP contribution in [0.2, 0.25) is 0 Å². The third-order valence-electron chi connectivity index (χ3n) is 3.38. The molecule has 0 radical (unpaired) electrons. The van der Waals surface area contributed by atoms with E-state index in [-0.39, 0.29) is 0 Å². The molecule has 0 aliphatic carbocycles. The van der Waals surface area contributed by atoms with Crippen LogP contribution in [0.15, 0.2) is 24.3 Å². The first-order valence-corrected chi connectivity index (χ1v) is 6.79. The molecule has 1 rings (SSSR count). The number of benzene rings is 1. The lowest BCUT2D eigenvalue weighted by Gasteiger charge is -2.22. The molecule has 1 N–H and O–H groups in total. The highest BCUT2D eigenvalue weighted by molar-refractivity contribution is 5.48. The summed E-state index contributed by atoms with van der Waals surface area (Å²) in [4.78, 5) is 2.26. The standard InChI is InChI=1S/C15H26N2O/c1-5-13(6-2)16-11-12-17(3)14-7-9-15(18-4)10-8-14/h7-10,13,16H,5-6,11-12H2,1-4H3. The Morgan fingerprint density at radius 2 is 1.78 bits per heavy atom. The van der Waals surface area contributed by atoms with E-state index >= 15 is 0 Å². The van der Waals surface area contributed by atoms with Gasteiger partial charge >= 0.3 is 0 Å². The van der Waals surface area contributed by atoms with Crippen molar-refractivity contribution in [3.8, 4) is 5.75 Å². The lowest BCUT2D eigenvalue weighted by molar-refractivity contribution is 0.415. The number of nitrogens with one attached hydrogen (secondary N) is 1. The van der Waals surface area contributed by atoms with Gasteiger partial charge in [0.05, 0.1) is 7.11 Å². The maximum Gasteiger partial charge on any atom is 0.119 e. The van der Waals surface area contributed by atoms with E-state index in [1.54, 1.807) is 7.11 Å². The van der Waals surface area contributed by atoms with Crippen LogP contribution >= 0.6 is 0 Å². The fraction of sp³-hybridized carbons (Fsp3) is 0.600. The maximum absolute atomic E-state index is 5.16. The Morgan fingerprint density at radius 3 is 2.28 bits per heavy atom. The third kappa shape index (κ3) is 4.57. The van der Waals surface area contributed by atoms with E-state index in [0.717, 1.165) is 18.8 Å². The van der Waals surface area contributed by atoms with Crippen molar-refractivity contribution in [2.24, 2.45) is 0 Å². The Kier molecular flexibility index (Phi) is 6.58. The van der Waals surface area contributed by atoms with Crippen molar-refractivity contribution in [1.29, 1.82) is 0 Å². The molecule has 0 bridgehead atoms. The van der Waals surface area contributed by atoms with E-state index in [4.69, 9.17) is 4.74 Å². The van der Waals surface area contributed by atoms with E-state index in [9.17, 15) is 0 Å². The van der Waals surface area contributed by atoms with Crippen LogP contribution < -0.4 is 15.0 Å². The molecule has 18 heavy (non-hydrogen) atoms. The van der Waals surface area contributed by atoms with Gasteiger partial charge in [-0.1, -0.05) is 13.8 Å². The van der Waals surface area contributed by atoms with Crippen LogP contribution in [-0.4, -0.2) is 33.3 Å². The van der Waals surface area contributed by atoms with Crippen molar-refractivity contribution >= 4 is 5.69 Å². The third-order valence-corrected chi connectivity index (χ3v) is 3.38. The summed E-state index contributed by atoms with van der Waals surface area (Å²) in [7, 11) is 3.81. The van der Waals surface area contributed by atoms with Gasteiger partial charge in [-0.05, 0) is 37.1 Å². The molecule has 0 heterocycles. The second-order valence-electron chi connectivity index (χ2n) is 4.59. The van der Waals surface area contributed by atoms with Crippen LogP contribution in [0.5, 0.6) is 5.75 Å². The van der Waals surface area contributed by atoms with Crippen LogP contribution in [0.3, 0.4) is 0 Å². The summed E-state index contributed by atoms with van der Waals surface area (Å²) in [5.41, 5.74) is 1.22. The number of hydrogen-bond donors (Lipinski definition) is 1. The molecule has 0 aliphatic rings. The average molecular weight is 250 g/mol. The zero-order valence-corrected chi connectivity index (χ0v) is 12.1. The highest BCUT2D eigenvalue weighted by atomic mass is 16.5. The van der Waals surface area contributed by atoms with Crippen molar-refractivity contribution in [2.75, 3.05) is 32.1 Å². The molecule has 0 atom stereocenters. The minimum Gasteiger partial charge on any atom is -0.497 e. The molecule has 3 nitrogen and oxygen atoms in total. The highest BCUT2D eigenvalue weighted by Gasteiger charge is 2.04. The summed E-state index contributed by atoms with van der Waals surface area (Å²) in [6.07, 6.45) is 2.39. The van der Waals surface area contributed by atoms with Gasteiger partial charge in [0.25, 0.3) is 0 Å². The van der Waals surface area contributed by atoms with E-state index in [0.29, 0.717) is 6.04 Å². The van der Waals surface area contributed by atoms with Gasteiger partial charge in [-0.2, -0.15) is 0 Å². The Labute approximate surface area is 111 Å². The average Bonchev–Trinajstić information content (AvgIpc) is 2.43. The Hall–Kier alpha value is -1.22. The Balaban J connectivity index is 2.37. The number of likely N-dealkylation sites (N-methyl/N-ethyl adjacent to an activating group) is 1.